The fourth-order valence-corrected chi connectivity index (χ4v) is 3.08. The number of allylic oxidation sites excluding steroid dienone is 1. The highest BCUT2D eigenvalue weighted by Gasteiger charge is 2.19. The van der Waals surface area contributed by atoms with Gasteiger partial charge >= 0.3 is 0 Å². The molecule has 1 aromatic carbocycles. The fraction of sp³-hybridized carbons (Fsp3) is 0.556. The molecular weight excluding hydrogens is 270 g/mol. The smallest absolute Gasteiger partial charge is 0.159 e. The minimum atomic E-state index is -0.762. The first-order valence-corrected chi connectivity index (χ1v) is 7.78. The SMILES string of the molecule is COCC=CC1CCC(CCc2ccc(F)c(F)c2)CC1. The van der Waals surface area contributed by atoms with Crippen molar-refractivity contribution in [1.82, 2.24) is 0 Å². The molecular formula is C18H24F2O. The summed E-state index contributed by atoms with van der Waals surface area (Å²) in [4.78, 5) is 0. The lowest BCUT2D eigenvalue weighted by atomic mass is 9.79. The van der Waals surface area contributed by atoms with Crippen molar-refractivity contribution in [2.24, 2.45) is 11.8 Å². The van der Waals surface area contributed by atoms with Crippen LogP contribution >= 0.6 is 0 Å². The Morgan fingerprint density at radius 2 is 1.90 bits per heavy atom. The quantitative estimate of drug-likeness (QED) is 0.678. The maximum Gasteiger partial charge on any atom is 0.159 e. The molecule has 1 aliphatic rings. The van der Waals surface area contributed by atoms with Crippen molar-refractivity contribution in [3.05, 3.63) is 47.5 Å². The average molecular weight is 294 g/mol. The van der Waals surface area contributed by atoms with Crippen molar-refractivity contribution < 1.29 is 13.5 Å². The van der Waals surface area contributed by atoms with Gasteiger partial charge < -0.3 is 4.74 Å². The molecule has 0 unspecified atom stereocenters. The minimum Gasteiger partial charge on any atom is -0.381 e. The molecule has 21 heavy (non-hydrogen) atoms. The topological polar surface area (TPSA) is 9.23 Å². The maximum absolute atomic E-state index is 13.2. The van der Waals surface area contributed by atoms with E-state index in [1.807, 2.05) is 0 Å². The zero-order valence-electron chi connectivity index (χ0n) is 12.7. The van der Waals surface area contributed by atoms with Crippen LogP contribution in [-0.2, 0) is 11.2 Å². The third kappa shape index (κ3) is 5.24. The van der Waals surface area contributed by atoms with Gasteiger partial charge in [-0.2, -0.15) is 0 Å². The number of hydrogen-bond acceptors (Lipinski definition) is 1. The first-order chi connectivity index (χ1) is 10.2. The van der Waals surface area contributed by atoms with Crippen molar-refractivity contribution in [1.29, 1.82) is 0 Å². The number of halogens is 2. The summed E-state index contributed by atoms with van der Waals surface area (Å²) in [5, 5.41) is 0. The number of ether oxygens (including phenoxy) is 1. The van der Waals surface area contributed by atoms with E-state index in [0.29, 0.717) is 18.4 Å². The molecule has 3 heteroatoms. The number of rotatable bonds is 6. The number of aryl methyl sites for hydroxylation is 1. The van der Waals surface area contributed by atoms with Crippen LogP contribution < -0.4 is 0 Å². The second-order valence-corrected chi connectivity index (χ2v) is 5.95. The Hall–Kier alpha value is -1.22. The molecule has 0 amide bonds. The van der Waals surface area contributed by atoms with E-state index in [2.05, 4.69) is 12.2 Å². The summed E-state index contributed by atoms with van der Waals surface area (Å²) >= 11 is 0. The van der Waals surface area contributed by atoms with Gasteiger partial charge in [0, 0.05) is 7.11 Å². The minimum absolute atomic E-state index is 0.680. The number of hydrogen-bond donors (Lipinski definition) is 0. The van der Waals surface area contributed by atoms with Crippen molar-refractivity contribution in [3.8, 4) is 0 Å². The molecule has 1 aromatic rings. The van der Waals surface area contributed by atoms with Crippen LogP contribution in [0.3, 0.4) is 0 Å². The summed E-state index contributed by atoms with van der Waals surface area (Å²) in [7, 11) is 1.71. The fourth-order valence-electron chi connectivity index (χ4n) is 3.08. The summed E-state index contributed by atoms with van der Waals surface area (Å²) in [6.45, 7) is 0.691. The molecule has 0 aliphatic heterocycles. The van der Waals surface area contributed by atoms with Crippen LogP contribution in [0.2, 0.25) is 0 Å². The van der Waals surface area contributed by atoms with Gasteiger partial charge in [-0.3, -0.25) is 0 Å². The first-order valence-electron chi connectivity index (χ1n) is 7.78. The highest BCUT2D eigenvalue weighted by molar-refractivity contribution is 5.17. The molecule has 2 rings (SSSR count). The Morgan fingerprint density at radius 1 is 1.14 bits per heavy atom. The summed E-state index contributed by atoms with van der Waals surface area (Å²) in [5.41, 5.74) is 0.899. The van der Waals surface area contributed by atoms with Crippen LogP contribution in [0, 0.1) is 23.5 Å². The van der Waals surface area contributed by atoms with Crippen LogP contribution in [0.4, 0.5) is 8.78 Å². The lowest BCUT2D eigenvalue weighted by Crippen LogP contribution is -2.14. The highest BCUT2D eigenvalue weighted by Crippen LogP contribution is 2.32. The zero-order valence-corrected chi connectivity index (χ0v) is 12.7. The lowest BCUT2D eigenvalue weighted by Gasteiger charge is -2.26. The van der Waals surface area contributed by atoms with Crippen LogP contribution in [-0.4, -0.2) is 13.7 Å². The maximum atomic E-state index is 13.2. The van der Waals surface area contributed by atoms with Crippen LogP contribution in [0.1, 0.15) is 37.7 Å². The molecule has 1 aliphatic carbocycles. The van der Waals surface area contributed by atoms with Crippen molar-refractivity contribution in [2.45, 2.75) is 38.5 Å². The van der Waals surface area contributed by atoms with Crippen molar-refractivity contribution in [2.75, 3.05) is 13.7 Å². The van der Waals surface area contributed by atoms with Gasteiger partial charge in [0.05, 0.1) is 6.61 Å². The Morgan fingerprint density at radius 3 is 2.57 bits per heavy atom. The molecule has 0 bridgehead atoms. The Kier molecular flexibility index (Phi) is 6.37. The molecule has 116 valence electrons. The summed E-state index contributed by atoms with van der Waals surface area (Å²) in [5.74, 6) is -0.105. The molecule has 1 nitrogen and oxygen atoms in total. The Bertz CT molecular complexity index is 462. The van der Waals surface area contributed by atoms with Crippen LogP contribution in [0.25, 0.3) is 0 Å². The van der Waals surface area contributed by atoms with Gasteiger partial charge in [-0.05, 0) is 68.1 Å². The van der Waals surface area contributed by atoms with Gasteiger partial charge in [0.15, 0.2) is 11.6 Å². The molecule has 0 atom stereocenters. The highest BCUT2D eigenvalue weighted by atomic mass is 19.2. The third-order valence-electron chi connectivity index (χ3n) is 4.39. The van der Waals surface area contributed by atoms with Crippen LogP contribution in [0.15, 0.2) is 30.4 Å². The van der Waals surface area contributed by atoms with E-state index in [1.165, 1.54) is 37.8 Å². The molecule has 0 spiro atoms. The van der Waals surface area contributed by atoms with Crippen molar-refractivity contribution >= 4 is 0 Å². The summed E-state index contributed by atoms with van der Waals surface area (Å²) in [6, 6.07) is 4.24. The molecule has 0 aromatic heterocycles. The molecule has 1 fully saturated rings. The average Bonchev–Trinajstić information content (AvgIpc) is 2.50. The first kappa shape index (κ1) is 16.2. The Labute approximate surface area is 126 Å². The number of methoxy groups -OCH3 is 1. The summed E-state index contributed by atoms with van der Waals surface area (Å²) < 4.78 is 31.0. The van der Waals surface area contributed by atoms with E-state index in [1.54, 1.807) is 13.2 Å². The third-order valence-corrected chi connectivity index (χ3v) is 4.39. The van der Waals surface area contributed by atoms with Gasteiger partial charge in [0.1, 0.15) is 0 Å². The molecule has 1 saturated carbocycles. The predicted octanol–water partition coefficient (Wildman–Crippen LogP) is 4.91. The van der Waals surface area contributed by atoms with Gasteiger partial charge in [-0.1, -0.05) is 18.2 Å². The molecule has 0 N–H and O–H groups in total. The zero-order chi connectivity index (χ0) is 15.1. The van der Waals surface area contributed by atoms with Gasteiger partial charge in [-0.15, -0.1) is 0 Å². The van der Waals surface area contributed by atoms with E-state index < -0.39 is 11.6 Å². The lowest BCUT2D eigenvalue weighted by molar-refractivity contribution is 0.232. The van der Waals surface area contributed by atoms with E-state index in [9.17, 15) is 8.78 Å². The van der Waals surface area contributed by atoms with E-state index in [0.717, 1.165) is 18.4 Å². The van der Waals surface area contributed by atoms with Gasteiger partial charge in [0.25, 0.3) is 0 Å². The second-order valence-electron chi connectivity index (χ2n) is 5.95. The van der Waals surface area contributed by atoms with E-state index in [-0.39, 0.29) is 0 Å². The van der Waals surface area contributed by atoms with E-state index in [4.69, 9.17) is 4.74 Å². The molecule has 0 heterocycles. The second kappa shape index (κ2) is 8.28. The van der Waals surface area contributed by atoms with Crippen molar-refractivity contribution in [3.63, 3.8) is 0 Å². The monoisotopic (exact) mass is 294 g/mol. The standard InChI is InChI=1S/C18H24F2O/c1-21-12-2-3-14-4-6-15(7-5-14)8-9-16-10-11-17(19)18(20)13-16/h2-3,10-11,13-15H,4-9,12H2,1H3. The largest absolute Gasteiger partial charge is 0.381 e. The van der Waals surface area contributed by atoms with Crippen LogP contribution in [0.5, 0.6) is 0 Å². The Balaban J connectivity index is 1.72. The van der Waals surface area contributed by atoms with Gasteiger partial charge in [0.2, 0.25) is 0 Å². The molecule has 0 radical (unpaired) electrons. The number of benzene rings is 1. The normalized spacial score (nSPS) is 22.8. The molecule has 0 saturated heterocycles. The predicted molar refractivity (Wildman–Crippen MR) is 81.1 cm³/mol. The summed E-state index contributed by atoms with van der Waals surface area (Å²) in [6.07, 6.45) is 11.2. The van der Waals surface area contributed by atoms with Gasteiger partial charge in [-0.25, -0.2) is 8.78 Å². The van der Waals surface area contributed by atoms with E-state index >= 15 is 0 Å².